The molecule has 1 atom stereocenters. The highest BCUT2D eigenvalue weighted by Crippen LogP contribution is 2.21. The summed E-state index contributed by atoms with van der Waals surface area (Å²) in [6.45, 7) is 2.08. The van der Waals surface area contributed by atoms with Gasteiger partial charge in [0, 0.05) is 12.4 Å². The maximum atomic E-state index is 11.4. The molecule has 0 amide bonds. The minimum absolute atomic E-state index is 0.489. The number of hydrogen-bond acceptors (Lipinski definition) is 2. The fourth-order valence-electron chi connectivity index (χ4n) is 2.09. The number of hydrogen-bond donors (Lipinski definition) is 1. The van der Waals surface area contributed by atoms with E-state index in [0.29, 0.717) is 6.42 Å². The van der Waals surface area contributed by atoms with Gasteiger partial charge in [-0.1, -0.05) is 31.2 Å². The summed E-state index contributed by atoms with van der Waals surface area (Å²) in [4.78, 5) is 15.4. The number of aryl methyl sites for hydroxylation is 1. The second kappa shape index (κ2) is 6.14. The maximum absolute atomic E-state index is 11.4. The van der Waals surface area contributed by atoms with E-state index in [0.717, 1.165) is 17.5 Å². The van der Waals surface area contributed by atoms with Crippen LogP contribution in [0, 0.1) is 0 Å². The van der Waals surface area contributed by atoms with Gasteiger partial charge in [-0.05, 0) is 41.7 Å². The minimum Gasteiger partial charge on any atom is -0.481 e. The van der Waals surface area contributed by atoms with Crippen molar-refractivity contribution in [1.29, 1.82) is 0 Å². The van der Waals surface area contributed by atoms with Crippen molar-refractivity contribution >= 4 is 5.97 Å². The molecule has 19 heavy (non-hydrogen) atoms. The van der Waals surface area contributed by atoms with E-state index in [9.17, 15) is 9.90 Å². The first-order valence-corrected chi connectivity index (χ1v) is 6.41. The van der Waals surface area contributed by atoms with Crippen LogP contribution < -0.4 is 0 Å². The van der Waals surface area contributed by atoms with Crippen LogP contribution in [0.3, 0.4) is 0 Å². The summed E-state index contributed by atoms with van der Waals surface area (Å²) < 4.78 is 0. The fraction of sp³-hybridized carbons (Fsp3) is 0.250. The standard InChI is InChI=1S/C16H17NO2/c1-2-12-3-5-14(6-4-12)15(16(18)19)11-13-7-9-17-10-8-13/h3-10,15H,2,11H2,1H3,(H,18,19). The number of carboxylic acids is 1. The highest BCUT2D eigenvalue weighted by Gasteiger charge is 2.20. The highest BCUT2D eigenvalue weighted by atomic mass is 16.4. The monoisotopic (exact) mass is 255 g/mol. The van der Waals surface area contributed by atoms with Crippen LogP contribution in [0.1, 0.15) is 29.5 Å². The Hall–Kier alpha value is -2.16. The third kappa shape index (κ3) is 3.41. The van der Waals surface area contributed by atoms with Gasteiger partial charge in [0.1, 0.15) is 0 Å². The normalized spacial score (nSPS) is 12.1. The molecule has 0 saturated carbocycles. The smallest absolute Gasteiger partial charge is 0.311 e. The molecule has 0 aliphatic heterocycles. The Morgan fingerprint density at radius 2 is 1.74 bits per heavy atom. The summed E-state index contributed by atoms with van der Waals surface area (Å²) in [5.74, 6) is -1.30. The molecule has 1 aromatic carbocycles. The SMILES string of the molecule is CCc1ccc(C(Cc2ccncc2)C(=O)O)cc1. The average Bonchev–Trinajstić information content (AvgIpc) is 2.46. The van der Waals surface area contributed by atoms with Gasteiger partial charge in [-0.3, -0.25) is 9.78 Å². The Balaban J connectivity index is 2.22. The number of aromatic nitrogens is 1. The second-order valence-corrected chi connectivity index (χ2v) is 4.55. The molecule has 1 N–H and O–H groups in total. The molecule has 0 radical (unpaired) electrons. The fourth-order valence-corrected chi connectivity index (χ4v) is 2.09. The van der Waals surface area contributed by atoms with Crippen molar-refractivity contribution in [2.24, 2.45) is 0 Å². The van der Waals surface area contributed by atoms with Crippen molar-refractivity contribution in [2.45, 2.75) is 25.7 Å². The molecule has 3 heteroatoms. The van der Waals surface area contributed by atoms with Crippen LogP contribution in [0.15, 0.2) is 48.8 Å². The molecule has 0 aliphatic rings. The number of carboxylic acid groups (broad SMARTS) is 1. The van der Waals surface area contributed by atoms with Crippen LogP contribution in [0.4, 0.5) is 0 Å². The molecular formula is C16H17NO2. The largest absolute Gasteiger partial charge is 0.481 e. The third-order valence-corrected chi connectivity index (χ3v) is 3.28. The Morgan fingerprint density at radius 3 is 2.26 bits per heavy atom. The van der Waals surface area contributed by atoms with Crippen LogP contribution in [0.5, 0.6) is 0 Å². The van der Waals surface area contributed by atoms with Gasteiger partial charge in [0.05, 0.1) is 5.92 Å². The first-order valence-electron chi connectivity index (χ1n) is 6.41. The average molecular weight is 255 g/mol. The highest BCUT2D eigenvalue weighted by molar-refractivity contribution is 5.76. The van der Waals surface area contributed by atoms with Crippen LogP contribution in [0.25, 0.3) is 0 Å². The van der Waals surface area contributed by atoms with E-state index in [4.69, 9.17) is 0 Å². The summed E-state index contributed by atoms with van der Waals surface area (Å²) >= 11 is 0. The summed E-state index contributed by atoms with van der Waals surface area (Å²) in [5, 5.41) is 9.40. The Labute approximate surface area is 112 Å². The molecule has 0 aliphatic carbocycles. The van der Waals surface area contributed by atoms with Crippen LogP contribution >= 0.6 is 0 Å². The third-order valence-electron chi connectivity index (χ3n) is 3.28. The predicted molar refractivity (Wildman–Crippen MR) is 74.1 cm³/mol. The van der Waals surface area contributed by atoms with Gasteiger partial charge in [0.2, 0.25) is 0 Å². The van der Waals surface area contributed by atoms with Crippen molar-refractivity contribution < 1.29 is 9.90 Å². The summed E-state index contributed by atoms with van der Waals surface area (Å²) in [6.07, 6.45) is 4.83. The number of pyridine rings is 1. The lowest BCUT2D eigenvalue weighted by molar-refractivity contribution is -0.138. The molecular weight excluding hydrogens is 238 g/mol. The molecule has 98 valence electrons. The Kier molecular flexibility index (Phi) is 4.29. The molecule has 1 unspecified atom stereocenters. The van der Waals surface area contributed by atoms with E-state index >= 15 is 0 Å². The van der Waals surface area contributed by atoms with Crippen molar-refractivity contribution in [3.05, 3.63) is 65.5 Å². The lowest BCUT2D eigenvalue weighted by Gasteiger charge is -2.13. The topological polar surface area (TPSA) is 50.2 Å². The lowest BCUT2D eigenvalue weighted by Crippen LogP contribution is -2.14. The van der Waals surface area contributed by atoms with Crippen LogP contribution in [-0.2, 0) is 17.6 Å². The van der Waals surface area contributed by atoms with Crippen molar-refractivity contribution in [1.82, 2.24) is 4.98 Å². The Morgan fingerprint density at radius 1 is 1.11 bits per heavy atom. The molecule has 3 nitrogen and oxygen atoms in total. The van der Waals surface area contributed by atoms with Crippen molar-refractivity contribution in [3.8, 4) is 0 Å². The zero-order valence-corrected chi connectivity index (χ0v) is 10.9. The summed E-state index contributed by atoms with van der Waals surface area (Å²) in [6, 6.07) is 11.5. The number of nitrogens with zero attached hydrogens (tertiary/aromatic N) is 1. The van der Waals surface area contributed by atoms with E-state index < -0.39 is 11.9 Å². The van der Waals surface area contributed by atoms with Gasteiger partial charge in [-0.15, -0.1) is 0 Å². The summed E-state index contributed by atoms with van der Waals surface area (Å²) in [5.41, 5.74) is 3.06. The molecule has 2 aromatic rings. The van der Waals surface area contributed by atoms with E-state index in [1.165, 1.54) is 5.56 Å². The summed E-state index contributed by atoms with van der Waals surface area (Å²) in [7, 11) is 0. The van der Waals surface area contributed by atoms with E-state index in [-0.39, 0.29) is 0 Å². The van der Waals surface area contributed by atoms with E-state index in [1.807, 2.05) is 36.4 Å². The van der Waals surface area contributed by atoms with Crippen LogP contribution in [-0.4, -0.2) is 16.1 Å². The van der Waals surface area contributed by atoms with Gasteiger partial charge < -0.3 is 5.11 Å². The first kappa shape index (κ1) is 13.3. The first-order chi connectivity index (χ1) is 9.20. The second-order valence-electron chi connectivity index (χ2n) is 4.55. The van der Waals surface area contributed by atoms with Gasteiger partial charge in [0.15, 0.2) is 0 Å². The molecule has 1 heterocycles. The number of aliphatic carboxylic acids is 1. The molecule has 0 spiro atoms. The molecule has 0 saturated heterocycles. The zero-order valence-electron chi connectivity index (χ0n) is 10.9. The lowest BCUT2D eigenvalue weighted by atomic mass is 9.91. The number of carbonyl (C=O) groups is 1. The van der Waals surface area contributed by atoms with E-state index in [2.05, 4.69) is 11.9 Å². The quantitative estimate of drug-likeness (QED) is 0.893. The van der Waals surface area contributed by atoms with E-state index in [1.54, 1.807) is 12.4 Å². The molecule has 2 rings (SSSR count). The van der Waals surface area contributed by atoms with Gasteiger partial charge in [-0.25, -0.2) is 0 Å². The predicted octanol–water partition coefficient (Wildman–Crippen LogP) is 3.05. The van der Waals surface area contributed by atoms with Crippen molar-refractivity contribution in [3.63, 3.8) is 0 Å². The maximum Gasteiger partial charge on any atom is 0.311 e. The van der Waals surface area contributed by atoms with Gasteiger partial charge >= 0.3 is 5.97 Å². The van der Waals surface area contributed by atoms with Crippen LogP contribution in [0.2, 0.25) is 0 Å². The molecule has 0 fully saturated rings. The number of benzene rings is 1. The number of rotatable bonds is 5. The van der Waals surface area contributed by atoms with Crippen molar-refractivity contribution in [2.75, 3.05) is 0 Å². The van der Waals surface area contributed by atoms with Gasteiger partial charge in [0.25, 0.3) is 0 Å². The molecule has 1 aromatic heterocycles. The Bertz CT molecular complexity index is 534. The minimum atomic E-state index is -0.791. The zero-order chi connectivity index (χ0) is 13.7. The molecule has 0 bridgehead atoms. The van der Waals surface area contributed by atoms with Gasteiger partial charge in [-0.2, -0.15) is 0 Å².